The smallest absolute Gasteiger partial charge is 0.287 e. The largest absolute Gasteiger partial charge is 0.494 e. The van der Waals surface area contributed by atoms with Gasteiger partial charge in [-0.25, -0.2) is 0 Å². The number of fused-ring (bicyclic) bond motifs is 3. The van der Waals surface area contributed by atoms with E-state index in [1.807, 2.05) is 74.5 Å². The third kappa shape index (κ3) is 3.38. The molecule has 0 aliphatic heterocycles. The summed E-state index contributed by atoms with van der Waals surface area (Å²) in [5.41, 5.74) is 1.72. The van der Waals surface area contributed by atoms with Crippen LogP contribution in [0.15, 0.2) is 71.1 Å². The third-order valence-electron chi connectivity index (χ3n) is 4.69. The van der Waals surface area contributed by atoms with Crippen LogP contribution in [-0.4, -0.2) is 12.5 Å². The van der Waals surface area contributed by atoms with Gasteiger partial charge < -0.3 is 14.5 Å². The standard InChI is InChI=1S/C23H21NO3/c1-3-26-18-11-8-16(9-12-18)15(2)24-23(25)22-14-20-19-7-5-4-6-17(19)10-13-21(20)27-22/h4-15H,3H2,1-2H3,(H,24,25). The number of furan rings is 1. The highest BCUT2D eigenvalue weighted by atomic mass is 16.5. The molecule has 4 nitrogen and oxygen atoms in total. The van der Waals surface area contributed by atoms with E-state index in [0.29, 0.717) is 18.0 Å². The molecule has 0 bridgehead atoms. The summed E-state index contributed by atoms with van der Waals surface area (Å²) in [6, 6.07) is 21.4. The number of benzene rings is 3. The predicted octanol–water partition coefficient (Wildman–Crippen LogP) is 5.48. The summed E-state index contributed by atoms with van der Waals surface area (Å²) < 4.78 is 11.3. The van der Waals surface area contributed by atoms with Crippen LogP contribution in [-0.2, 0) is 0 Å². The molecule has 0 aliphatic carbocycles. The van der Waals surface area contributed by atoms with Gasteiger partial charge in [-0.05, 0) is 54.4 Å². The second-order valence-electron chi connectivity index (χ2n) is 6.51. The van der Waals surface area contributed by atoms with Crippen LogP contribution in [0.25, 0.3) is 21.7 Å². The summed E-state index contributed by atoms with van der Waals surface area (Å²) in [4.78, 5) is 12.7. The van der Waals surface area contributed by atoms with Crippen molar-refractivity contribution < 1.29 is 13.9 Å². The number of nitrogens with one attached hydrogen (secondary N) is 1. The SMILES string of the molecule is CCOc1ccc(C(C)NC(=O)c2cc3c(ccc4ccccc43)o2)cc1. The molecular formula is C23H21NO3. The molecular weight excluding hydrogens is 338 g/mol. The fourth-order valence-electron chi connectivity index (χ4n) is 3.27. The molecule has 4 aromatic rings. The second kappa shape index (κ2) is 7.16. The molecule has 136 valence electrons. The Kier molecular flexibility index (Phi) is 4.55. The van der Waals surface area contributed by atoms with Crippen LogP contribution in [0, 0.1) is 0 Å². The van der Waals surface area contributed by atoms with Crippen LogP contribution in [0.4, 0.5) is 0 Å². The molecule has 4 rings (SSSR count). The van der Waals surface area contributed by atoms with Gasteiger partial charge in [0.15, 0.2) is 5.76 Å². The van der Waals surface area contributed by atoms with E-state index in [4.69, 9.17) is 9.15 Å². The highest BCUT2D eigenvalue weighted by molar-refractivity contribution is 6.08. The second-order valence-corrected chi connectivity index (χ2v) is 6.51. The van der Waals surface area contributed by atoms with Gasteiger partial charge in [-0.2, -0.15) is 0 Å². The summed E-state index contributed by atoms with van der Waals surface area (Å²) in [6.45, 7) is 4.53. The monoisotopic (exact) mass is 359 g/mol. The zero-order valence-electron chi connectivity index (χ0n) is 15.4. The average molecular weight is 359 g/mol. The molecule has 0 radical (unpaired) electrons. The number of ether oxygens (including phenoxy) is 1. The van der Waals surface area contributed by atoms with Gasteiger partial charge in [0.25, 0.3) is 5.91 Å². The quantitative estimate of drug-likeness (QED) is 0.514. The van der Waals surface area contributed by atoms with Gasteiger partial charge >= 0.3 is 0 Å². The number of carbonyl (C=O) groups is 1. The van der Waals surface area contributed by atoms with Crippen molar-refractivity contribution in [1.29, 1.82) is 0 Å². The lowest BCUT2D eigenvalue weighted by Gasteiger charge is -2.14. The van der Waals surface area contributed by atoms with E-state index in [0.717, 1.165) is 27.5 Å². The molecule has 0 spiro atoms. The van der Waals surface area contributed by atoms with E-state index in [1.54, 1.807) is 0 Å². The minimum Gasteiger partial charge on any atom is -0.494 e. The Hall–Kier alpha value is -3.27. The van der Waals surface area contributed by atoms with Crippen molar-refractivity contribution in [2.24, 2.45) is 0 Å². The Bertz CT molecular complexity index is 1100. The van der Waals surface area contributed by atoms with Crippen LogP contribution in [0.3, 0.4) is 0 Å². The minimum atomic E-state index is -0.225. The molecule has 1 N–H and O–H groups in total. The lowest BCUT2D eigenvalue weighted by atomic mass is 10.1. The minimum absolute atomic E-state index is 0.141. The predicted molar refractivity (Wildman–Crippen MR) is 107 cm³/mol. The van der Waals surface area contributed by atoms with Crippen molar-refractivity contribution in [3.05, 3.63) is 78.1 Å². The lowest BCUT2D eigenvalue weighted by Crippen LogP contribution is -2.26. The number of carbonyl (C=O) groups excluding carboxylic acids is 1. The van der Waals surface area contributed by atoms with Crippen molar-refractivity contribution in [2.45, 2.75) is 19.9 Å². The molecule has 0 saturated carbocycles. The summed E-state index contributed by atoms with van der Waals surface area (Å²) >= 11 is 0. The molecule has 27 heavy (non-hydrogen) atoms. The maximum Gasteiger partial charge on any atom is 0.287 e. The van der Waals surface area contributed by atoms with Crippen LogP contribution in [0.5, 0.6) is 5.75 Å². The van der Waals surface area contributed by atoms with E-state index in [9.17, 15) is 4.79 Å². The van der Waals surface area contributed by atoms with E-state index in [1.165, 1.54) is 0 Å². The molecule has 4 heteroatoms. The first-order valence-corrected chi connectivity index (χ1v) is 9.10. The first-order chi connectivity index (χ1) is 13.2. The van der Waals surface area contributed by atoms with Crippen LogP contribution in [0.2, 0.25) is 0 Å². The summed E-state index contributed by atoms with van der Waals surface area (Å²) in [5.74, 6) is 0.916. The van der Waals surface area contributed by atoms with Gasteiger partial charge in [0.2, 0.25) is 0 Å². The Balaban J connectivity index is 1.56. The average Bonchev–Trinajstić information content (AvgIpc) is 3.14. The maximum atomic E-state index is 12.7. The first-order valence-electron chi connectivity index (χ1n) is 9.10. The Morgan fingerprint density at radius 2 is 1.81 bits per heavy atom. The fourth-order valence-corrected chi connectivity index (χ4v) is 3.27. The van der Waals surface area contributed by atoms with E-state index in [2.05, 4.69) is 11.4 Å². The number of amides is 1. The van der Waals surface area contributed by atoms with Crippen molar-refractivity contribution >= 4 is 27.6 Å². The molecule has 1 amide bonds. The van der Waals surface area contributed by atoms with Gasteiger partial charge in [0.1, 0.15) is 11.3 Å². The van der Waals surface area contributed by atoms with E-state index in [-0.39, 0.29) is 11.9 Å². The Morgan fingerprint density at radius 3 is 2.59 bits per heavy atom. The van der Waals surface area contributed by atoms with Gasteiger partial charge in [-0.15, -0.1) is 0 Å². The molecule has 1 atom stereocenters. The van der Waals surface area contributed by atoms with Crippen LogP contribution in [0.1, 0.15) is 36.0 Å². The molecule has 1 aromatic heterocycles. The van der Waals surface area contributed by atoms with E-state index < -0.39 is 0 Å². The molecule has 1 unspecified atom stereocenters. The number of hydrogen-bond donors (Lipinski definition) is 1. The van der Waals surface area contributed by atoms with Crippen molar-refractivity contribution in [3.63, 3.8) is 0 Å². The van der Waals surface area contributed by atoms with E-state index >= 15 is 0 Å². The van der Waals surface area contributed by atoms with Gasteiger partial charge in [0, 0.05) is 5.39 Å². The number of rotatable bonds is 5. The summed E-state index contributed by atoms with van der Waals surface area (Å²) in [6.07, 6.45) is 0. The fraction of sp³-hybridized carbons (Fsp3) is 0.174. The van der Waals surface area contributed by atoms with Gasteiger partial charge in [0.05, 0.1) is 12.6 Å². The molecule has 3 aromatic carbocycles. The maximum absolute atomic E-state index is 12.7. The highest BCUT2D eigenvalue weighted by Crippen LogP contribution is 2.28. The Morgan fingerprint density at radius 1 is 1.04 bits per heavy atom. The van der Waals surface area contributed by atoms with Crippen LogP contribution >= 0.6 is 0 Å². The molecule has 0 saturated heterocycles. The van der Waals surface area contributed by atoms with Gasteiger partial charge in [-0.1, -0.05) is 42.5 Å². The summed E-state index contributed by atoms with van der Waals surface area (Å²) in [7, 11) is 0. The zero-order valence-corrected chi connectivity index (χ0v) is 15.4. The first kappa shape index (κ1) is 17.2. The van der Waals surface area contributed by atoms with Gasteiger partial charge in [-0.3, -0.25) is 4.79 Å². The topological polar surface area (TPSA) is 51.5 Å². The lowest BCUT2D eigenvalue weighted by molar-refractivity contribution is 0.0914. The Labute approximate surface area is 157 Å². The van der Waals surface area contributed by atoms with Crippen LogP contribution < -0.4 is 10.1 Å². The zero-order chi connectivity index (χ0) is 18.8. The highest BCUT2D eigenvalue weighted by Gasteiger charge is 2.17. The van der Waals surface area contributed by atoms with Crippen molar-refractivity contribution in [3.8, 4) is 5.75 Å². The van der Waals surface area contributed by atoms with Crippen molar-refractivity contribution in [1.82, 2.24) is 5.32 Å². The third-order valence-corrected chi connectivity index (χ3v) is 4.69. The molecule has 0 aliphatic rings. The number of hydrogen-bond acceptors (Lipinski definition) is 3. The van der Waals surface area contributed by atoms with Crippen molar-refractivity contribution in [2.75, 3.05) is 6.61 Å². The summed E-state index contributed by atoms with van der Waals surface area (Å²) in [5, 5.41) is 6.16. The molecule has 0 fully saturated rings. The normalized spacial score (nSPS) is 12.2. The molecule has 1 heterocycles.